The molecular formula is C13H14F3N3O2S. The van der Waals surface area contributed by atoms with Crippen LogP contribution in [0.3, 0.4) is 0 Å². The predicted octanol–water partition coefficient (Wildman–Crippen LogP) is 2.68. The number of aryl methyl sites for hydroxylation is 1. The Hall–Kier alpha value is -1.90. The lowest BCUT2D eigenvalue weighted by atomic mass is 10.1. The van der Waals surface area contributed by atoms with Crippen LogP contribution < -0.4 is 0 Å². The maximum absolute atomic E-state index is 12.9. The first kappa shape index (κ1) is 16.5. The zero-order chi connectivity index (χ0) is 16.4. The number of aromatic nitrogens is 3. The second kappa shape index (κ2) is 6.07. The number of nitrogens with zero attached hydrogens (tertiary/aromatic N) is 3. The van der Waals surface area contributed by atoms with E-state index < -0.39 is 27.3 Å². The molecule has 0 aliphatic heterocycles. The van der Waals surface area contributed by atoms with Gasteiger partial charge in [0.15, 0.2) is 0 Å². The van der Waals surface area contributed by atoms with Gasteiger partial charge in [-0.05, 0) is 18.1 Å². The second-order valence-electron chi connectivity index (χ2n) is 4.72. The molecule has 1 aromatic heterocycles. The number of rotatable bonds is 5. The second-order valence-corrected chi connectivity index (χ2v) is 6.60. The lowest BCUT2D eigenvalue weighted by Crippen LogP contribution is -2.16. The molecule has 0 radical (unpaired) electrons. The van der Waals surface area contributed by atoms with E-state index in [1.807, 2.05) is 6.92 Å². The number of alkyl halides is 3. The molecule has 9 heteroatoms. The predicted molar refractivity (Wildman–Crippen MR) is 72.6 cm³/mol. The molecule has 0 spiro atoms. The van der Waals surface area contributed by atoms with Crippen molar-refractivity contribution in [3.63, 3.8) is 0 Å². The topological polar surface area (TPSA) is 64.8 Å². The summed E-state index contributed by atoms with van der Waals surface area (Å²) in [5, 5.41) is 6.76. The monoisotopic (exact) mass is 333 g/mol. The smallest absolute Gasteiger partial charge is 0.305 e. The van der Waals surface area contributed by atoms with E-state index in [1.165, 1.54) is 23.0 Å². The van der Waals surface area contributed by atoms with Crippen LogP contribution in [0, 0.1) is 0 Å². The first-order valence-electron chi connectivity index (χ1n) is 6.51. The lowest BCUT2D eigenvalue weighted by Gasteiger charge is -2.13. The van der Waals surface area contributed by atoms with Gasteiger partial charge in [-0.3, -0.25) is 0 Å². The van der Waals surface area contributed by atoms with Crippen LogP contribution in [0.2, 0.25) is 0 Å². The summed E-state index contributed by atoms with van der Waals surface area (Å²) in [6, 6.07) is 4.61. The number of hydrogen-bond donors (Lipinski definition) is 0. The minimum atomic E-state index is -4.61. The zero-order valence-electron chi connectivity index (χ0n) is 11.7. The third-order valence-electron chi connectivity index (χ3n) is 2.99. The summed E-state index contributed by atoms with van der Waals surface area (Å²) in [6.07, 6.45) is -2.70. The van der Waals surface area contributed by atoms with Crippen molar-refractivity contribution in [3.8, 4) is 0 Å². The molecule has 0 atom stereocenters. The van der Waals surface area contributed by atoms with Gasteiger partial charge in [0.1, 0.15) is 6.33 Å². The summed E-state index contributed by atoms with van der Waals surface area (Å²) in [4.78, 5) is 0. The average molecular weight is 333 g/mol. The average Bonchev–Trinajstić information content (AvgIpc) is 2.87. The largest absolute Gasteiger partial charge is 0.416 e. The number of hydrogen-bond acceptors (Lipinski definition) is 4. The molecule has 2 aromatic rings. The first-order chi connectivity index (χ1) is 10.3. The minimum Gasteiger partial charge on any atom is -0.305 e. The molecule has 120 valence electrons. The van der Waals surface area contributed by atoms with Gasteiger partial charge < -0.3 is 4.57 Å². The summed E-state index contributed by atoms with van der Waals surface area (Å²) in [6.45, 7) is 2.22. The molecule has 1 aromatic carbocycles. The van der Waals surface area contributed by atoms with Gasteiger partial charge in [-0.15, -0.1) is 10.2 Å². The molecule has 0 saturated heterocycles. The highest BCUT2D eigenvalue weighted by molar-refractivity contribution is 7.90. The molecule has 2 rings (SSSR count). The highest BCUT2D eigenvalue weighted by atomic mass is 32.2. The van der Waals surface area contributed by atoms with Crippen LogP contribution in [0.4, 0.5) is 13.2 Å². The molecule has 0 saturated carbocycles. The Morgan fingerprint density at radius 1 is 1.23 bits per heavy atom. The SMILES string of the molecule is CCCn1cnnc1S(=O)(=O)Cc1ccccc1C(F)(F)F. The molecule has 0 amide bonds. The van der Waals surface area contributed by atoms with E-state index in [9.17, 15) is 21.6 Å². The molecule has 0 N–H and O–H groups in total. The molecule has 0 bridgehead atoms. The Labute approximate surface area is 125 Å². The van der Waals surface area contributed by atoms with Crippen LogP contribution in [0.1, 0.15) is 24.5 Å². The quantitative estimate of drug-likeness (QED) is 0.844. The number of benzene rings is 1. The molecule has 0 aliphatic carbocycles. The van der Waals surface area contributed by atoms with Crippen LogP contribution in [0.5, 0.6) is 0 Å². The maximum Gasteiger partial charge on any atom is 0.416 e. The molecule has 22 heavy (non-hydrogen) atoms. The van der Waals surface area contributed by atoms with Crippen LogP contribution in [0.15, 0.2) is 35.7 Å². The van der Waals surface area contributed by atoms with Gasteiger partial charge in [-0.2, -0.15) is 13.2 Å². The normalized spacial score (nSPS) is 12.5. The first-order valence-corrected chi connectivity index (χ1v) is 8.16. The Kier molecular flexibility index (Phi) is 4.55. The van der Waals surface area contributed by atoms with Crippen molar-refractivity contribution in [1.82, 2.24) is 14.8 Å². The molecule has 5 nitrogen and oxygen atoms in total. The summed E-state index contributed by atoms with van der Waals surface area (Å²) in [5.41, 5.74) is -1.26. The van der Waals surface area contributed by atoms with Gasteiger partial charge in [0.25, 0.3) is 0 Å². The molecule has 0 fully saturated rings. The van der Waals surface area contributed by atoms with Gasteiger partial charge >= 0.3 is 6.18 Å². The molecule has 0 aliphatic rings. The van der Waals surface area contributed by atoms with Crippen LogP contribution >= 0.6 is 0 Å². The van der Waals surface area contributed by atoms with Crippen molar-refractivity contribution in [1.29, 1.82) is 0 Å². The Morgan fingerprint density at radius 3 is 2.55 bits per heavy atom. The van der Waals surface area contributed by atoms with Crippen LogP contribution in [0.25, 0.3) is 0 Å². The third-order valence-corrected chi connectivity index (χ3v) is 4.55. The van der Waals surface area contributed by atoms with Crippen molar-refractivity contribution in [2.45, 2.75) is 37.0 Å². The zero-order valence-corrected chi connectivity index (χ0v) is 12.5. The maximum atomic E-state index is 12.9. The Bertz CT molecular complexity index is 754. The van der Waals surface area contributed by atoms with Crippen LogP contribution in [-0.4, -0.2) is 23.2 Å². The van der Waals surface area contributed by atoms with Gasteiger partial charge in [0.2, 0.25) is 15.0 Å². The van der Waals surface area contributed by atoms with E-state index in [-0.39, 0.29) is 10.7 Å². The fraction of sp³-hybridized carbons (Fsp3) is 0.385. The standard InChI is InChI=1S/C13H14F3N3O2S/c1-2-7-19-9-17-18-12(19)22(20,21)8-10-5-3-4-6-11(10)13(14,15)16/h3-6,9H,2,7-8H2,1H3. The Morgan fingerprint density at radius 2 is 1.91 bits per heavy atom. The van der Waals surface area contributed by atoms with Gasteiger partial charge in [0.05, 0.1) is 11.3 Å². The van der Waals surface area contributed by atoms with E-state index in [4.69, 9.17) is 0 Å². The van der Waals surface area contributed by atoms with E-state index >= 15 is 0 Å². The lowest BCUT2D eigenvalue weighted by molar-refractivity contribution is -0.138. The van der Waals surface area contributed by atoms with E-state index in [0.29, 0.717) is 13.0 Å². The molecular weight excluding hydrogens is 319 g/mol. The van der Waals surface area contributed by atoms with E-state index in [2.05, 4.69) is 10.2 Å². The van der Waals surface area contributed by atoms with Crippen LogP contribution in [-0.2, 0) is 28.3 Å². The van der Waals surface area contributed by atoms with Crippen molar-refractivity contribution in [2.75, 3.05) is 0 Å². The van der Waals surface area contributed by atoms with Crippen molar-refractivity contribution in [3.05, 3.63) is 41.7 Å². The number of halogens is 3. The van der Waals surface area contributed by atoms with Gasteiger partial charge in [-0.25, -0.2) is 8.42 Å². The van der Waals surface area contributed by atoms with Gasteiger partial charge in [-0.1, -0.05) is 25.1 Å². The molecule has 1 heterocycles. The van der Waals surface area contributed by atoms with Crippen molar-refractivity contribution >= 4 is 9.84 Å². The fourth-order valence-electron chi connectivity index (χ4n) is 2.07. The summed E-state index contributed by atoms with van der Waals surface area (Å²) >= 11 is 0. The summed E-state index contributed by atoms with van der Waals surface area (Å²) < 4.78 is 64.8. The minimum absolute atomic E-state index is 0.305. The van der Waals surface area contributed by atoms with Gasteiger partial charge in [0, 0.05) is 6.54 Å². The third kappa shape index (κ3) is 3.46. The highest BCUT2D eigenvalue weighted by Gasteiger charge is 2.35. The van der Waals surface area contributed by atoms with Crippen molar-refractivity contribution in [2.24, 2.45) is 0 Å². The van der Waals surface area contributed by atoms with E-state index in [0.717, 1.165) is 12.1 Å². The van der Waals surface area contributed by atoms with Crippen molar-refractivity contribution < 1.29 is 21.6 Å². The fourth-order valence-corrected chi connectivity index (χ4v) is 3.53. The highest BCUT2D eigenvalue weighted by Crippen LogP contribution is 2.33. The Balaban J connectivity index is 2.40. The van der Waals surface area contributed by atoms with E-state index in [1.54, 1.807) is 0 Å². The summed E-state index contributed by atoms with van der Waals surface area (Å²) in [5.74, 6) is -0.773. The molecule has 0 unspecified atom stereocenters. The summed E-state index contributed by atoms with van der Waals surface area (Å²) in [7, 11) is -4.02. The number of sulfone groups is 1.